The zero-order valence-electron chi connectivity index (χ0n) is 10.2. The maximum atomic E-state index is 3.51. The van der Waals surface area contributed by atoms with Crippen molar-refractivity contribution in [3.63, 3.8) is 0 Å². The van der Waals surface area contributed by atoms with Crippen LogP contribution in [0.2, 0.25) is 0 Å². The fraction of sp³-hybridized carbons (Fsp3) is 1.00. The predicted octanol–water partition coefficient (Wildman–Crippen LogP) is 2.11. The van der Waals surface area contributed by atoms with Gasteiger partial charge in [-0.05, 0) is 70.1 Å². The van der Waals surface area contributed by atoms with Crippen molar-refractivity contribution in [2.24, 2.45) is 11.8 Å². The van der Waals surface area contributed by atoms with Crippen LogP contribution in [0.4, 0.5) is 0 Å². The summed E-state index contributed by atoms with van der Waals surface area (Å²) in [7, 11) is 0. The van der Waals surface area contributed by atoms with Gasteiger partial charge >= 0.3 is 0 Å². The van der Waals surface area contributed by atoms with Gasteiger partial charge in [-0.1, -0.05) is 6.92 Å². The lowest BCUT2D eigenvalue weighted by Gasteiger charge is -2.32. The molecule has 2 rings (SSSR count). The smallest absolute Gasteiger partial charge is 0.000703 e. The third kappa shape index (κ3) is 3.76. The molecule has 2 heterocycles. The Morgan fingerprint density at radius 1 is 1.27 bits per heavy atom. The van der Waals surface area contributed by atoms with Crippen molar-refractivity contribution in [1.82, 2.24) is 10.2 Å². The van der Waals surface area contributed by atoms with E-state index in [1.165, 1.54) is 64.8 Å². The molecule has 2 saturated heterocycles. The van der Waals surface area contributed by atoms with E-state index in [-0.39, 0.29) is 0 Å². The summed E-state index contributed by atoms with van der Waals surface area (Å²) < 4.78 is 0. The Labute approximate surface area is 94.4 Å². The molecule has 0 aromatic carbocycles. The first-order valence-electron chi connectivity index (χ1n) is 6.77. The molecule has 1 N–H and O–H groups in total. The molecule has 0 aliphatic carbocycles. The van der Waals surface area contributed by atoms with Crippen LogP contribution in [-0.4, -0.2) is 37.6 Å². The first kappa shape index (κ1) is 11.4. The highest BCUT2D eigenvalue weighted by atomic mass is 15.1. The van der Waals surface area contributed by atoms with Crippen LogP contribution in [0, 0.1) is 11.8 Å². The second kappa shape index (κ2) is 5.86. The van der Waals surface area contributed by atoms with Crippen LogP contribution in [0.15, 0.2) is 0 Å². The van der Waals surface area contributed by atoms with Gasteiger partial charge in [0.25, 0.3) is 0 Å². The Morgan fingerprint density at radius 3 is 2.93 bits per heavy atom. The summed E-state index contributed by atoms with van der Waals surface area (Å²) >= 11 is 0. The molecule has 2 aliphatic heterocycles. The molecular formula is C13H26N2. The Bertz CT molecular complexity index is 175. The third-order valence-electron chi connectivity index (χ3n) is 3.99. The maximum absolute atomic E-state index is 3.51. The van der Waals surface area contributed by atoms with Crippen molar-refractivity contribution in [2.45, 2.75) is 39.0 Å². The minimum atomic E-state index is 0.934. The van der Waals surface area contributed by atoms with Crippen LogP contribution < -0.4 is 5.32 Å². The quantitative estimate of drug-likeness (QED) is 0.767. The second-order valence-corrected chi connectivity index (χ2v) is 5.55. The van der Waals surface area contributed by atoms with Gasteiger partial charge in [0.1, 0.15) is 0 Å². The molecule has 0 aromatic rings. The summed E-state index contributed by atoms with van der Waals surface area (Å²) in [4.78, 5) is 2.68. The monoisotopic (exact) mass is 210 g/mol. The fourth-order valence-corrected chi connectivity index (χ4v) is 3.03. The standard InChI is InChI=1S/C13H26N2/c1-12-4-3-8-15(11-12)9-6-13-5-2-7-14-10-13/h12-14H,2-11H2,1H3. The van der Waals surface area contributed by atoms with Gasteiger partial charge in [0.2, 0.25) is 0 Å². The molecule has 0 spiro atoms. The van der Waals surface area contributed by atoms with Crippen LogP contribution in [0.1, 0.15) is 39.0 Å². The topological polar surface area (TPSA) is 15.3 Å². The van der Waals surface area contributed by atoms with Gasteiger partial charge in [-0.15, -0.1) is 0 Å². The van der Waals surface area contributed by atoms with Crippen LogP contribution >= 0.6 is 0 Å². The molecule has 0 amide bonds. The molecule has 0 radical (unpaired) electrons. The van der Waals surface area contributed by atoms with E-state index in [1.54, 1.807) is 0 Å². The number of hydrogen-bond donors (Lipinski definition) is 1. The van der Waals surface area contributed by atoms with Crippen molar-refractivity contribution in [3.8, 4) is 0 Å². The van der Waals surface area contributed by atoms with E-state index in [0.29, 0.717) is 0 Å². The highest BCUT2D eigenvalue weighted by molar-refractivity contribution is 4.74. The molecule has 0 saturated carbocycles. The SMILES string of the molecule is CC1CCCN(CCC2CCCNC2)C1. The van der Waals surface area contributed by atoms with Crippen LogP contribution in [0.5, 0.6) is 0 Å². The van der Waals surface area contributed by atoms with Gasteiger partial charge in [-0.25, -0.2) is 0 Å². The van der Waals surface area contributed by atoms with E-state index >= 15 is 0 Å². The number of hydrogen-bond acceptors (Lipinski definition) is 2. The Hall–Kier alpha value is -0.0800. The summed E-state index contributed by atoms with van der Waals surface area (Å²) in [6.45, 7) is 8.95. The molecule has 0 aromatic heterocycles. The van der Waals surface area contributed by atoms with E-state index in [0.717, 1.165) is 11.8 Å². The summed E-state index contributed by atoms with van der Waals surface area (Å²) in [5.74, 6) is 1.89. The van der Waals surface area contributed by atoms with E-state index in [9.17, 15) is 0 Å². The third-order valence-corrected chi connectivity index (χ3v) is 3.99. The number of nitrogens with zero attached hydrogens (tertiary/aromatic N) is 1. The average molecular weight is 210 g/mol. The molecule has 2 nitrogen and oxygen atoms in total. The van der Waals surface area contributed by atoms with Gasteiger partial charge in [0, 0.05) is 6.54 Å². The fourth-order valence-electron chi connectivity index (χ4n) is 3.03. The zero-order valence-corrected chi connectivity index (χ0v) is 10.2. The molecule has 2 atom stereocenters. The van der Waals surface area contributed by atoms with Crippen molar-refractivity contribution in [2.75, 3.05) is 32.7 Å². The van der Waals surface area contributed by atoms with Gasteiger partial charge in [0.05, 0.1) is 0 Å². The predicted molar refractivity (Wildman–Crippen MR) is 65.0 cm³/mol. The maximum Gasteiger partial charge on any atom is 0.000703 e. The lowest BCUT2D eigenvalue weighted by molar-refractivity contribution is 0.168. The summed E-state index contributed by atoms with van der Waals surface area (Å²) in [5.41, 5.74) is 0. The molecule has 2 unspecified atom stereocenters. The number of piperidine rings is 2. The minimum Gasteiger partial charge on any atom is -0.316 e. The van der Waals surface area contributed by atoms with Crippen molar-refractivity contribution >= 4 is 0 Å². The van der Waals surface area contributed by atoms with Gasteiger partial charge < -0.3 is 10.2 Å². The van der Waals surface area contributed by atoms with Crippen molar-refractivity contribution in [1.29, 1.82) is 0 Å². The molecule has 0 bridgehead atoms. The molecular weight excluding hydrogens is 184 g/mol. The highest BCUT2D eigenvalue weighted by Gasteiger charge is 2.18. The average Bonchev–Trinajstić information content (AvgIpc) is 2.28. The van der Waals surface area contributed by atoms with Gasteiger partial charge in [0.15, 0.2) is 0 Å². The largest absolute Gasteiger partial charge is 0.316 e. The Balaban J connectivity index is 1.63. The van der Waals surface area contributed by atoms with E-state index in [2.05, 4.69) is 17.1 Å². The van der Waals surface area contributed by atoms with Crippen LogP contribution in [0.3, 0.4) is 0 Å². The minimum absolute atomic E-state index is 0.934. The van der Waals surface area contributed by atoms with Crippen LogP contribution in [-0.2, 0) is 0 Å². The van der Waals surface area contributed by atoms with Gasteiger partial charge in [-0.3, -0.25) is 0 Å². The number of rotatable bonds is 3. The summed E-state index contributed by atoms with van der Waals surface area (Å²) in [6.07, 6.45) is 7.13. The van der Waals surface area contributed by atoms with Crippen LogP contribution in [0.25, 0.3) is 0 Å². The molecule has 15 heavy (non-hydrogen) atoms. The van der Waals surface area contributed by atoms with Crippen molar-refractivity contribution < 1.29 is 0 Å². The Kier molecular flexibility index (Phi) is 4.45. The van der Waals surface area contributed by atoms with E-state index in [1.807, 2.05) is 0 Å². The molecule has 2 aliphatic rings. The molecule has 2 heteroatoms. The second-order valence-electron chi connectivity index (χ2n) is 5.55. The summed E-state index contributed by atoms with van der Waals surface area (Å²) in [6, 6.07) is 0. The van der Waals surface area contributed by atoms with E-state index < -0.39 is 0 Å². The molecule has 88 valence electrons. The number of likely N-dealkylation sites (tertiary alicyclic amines) is 1. The Morgan fingerprint density at radius 2 is 2.20 bits per heavy atom. The zero-order chi connectivity index (χ0) is 10.5. The normalized spacial score (nSPS) is 34.2. The lowest BCUT2D eigenvalue weighted by atomic mass is 9.94. The van der Waals surface area contributed by atoms with Gasteiger partial charge in [-0.2, -0.15) is 0 Å². The van der Waals surface area contributed by atoms with Crippen molar-refractivity contribution in [3.05, 3.63) is 0 Å². The lowest BCUT2D eigenvalue weighted by Crippen LogP contribution is -2.37. The number of nitrogens with one attached hydrogen (secondary N) is 1. The first-order valence-corrected chi connectivity index (χ1v) is 6.77. The first-order chi connectivity index (χ1) is 7.34. The van der Waals surface area contributed by atoms with E-state index in [4.69, 9.17) is 0 Å². The highest BCUT2D eigenvalue weighted by Crippen LogP contribution is 2.19. The summed E-state index contributed by atoms with van der Waals surface area (Å²) in [5, 5.41) is 3.51. The molecule has 2 fully saturated rings.